The minimum Gasteiger partial charge on any atom is -0.357 e. The smallest absolute Gasteiger partial charge is 0.357 e. The lowest BCUT2D eigenvalue weighted by atomic mass is 10.1. The average Bonchev–Trinajstić information content (AvgIpc) is 3.10. The van der Waals surface area contributed by atoms with Crippen LogP contribution in [0.2, 0.25) is 0 Å². The molecule has 4 rings (SSSR count). The third-order valence-corrected chi connectivity index (χ3v) is 6.88. The van der Waals surface area contributed by atoms with Crippen molar-refractivity contribution in [2.75, 3.05) is 24.2 Å². The lowest BCUT2D eigenvalue weighted by Crippen LogP contribution is -2.39. The molecule has 3 heterocycles. The van der Waals surface area contributed by atoms with E-state index in [2.05, 4.69) is 15.0 Å². The van der Waals surface area contributed by atoms with E-state index in [0.717, 1.165) is 18.0 Å². The van der Waals surface area contributed by atoms with E-state index in [1.807, 2.05) is 11.0 Å². The number of hydrogen-bond donors (Lipinski definition) is 1. The van der Waals surface area contributed by atoms with Gasteiger partial charge in [-0.15, -0.1) is 0 Å². The predicted octanol–water partition coefficient (Wildman–Crippen LogP) is 3.66. The van der Waals surface area contributed by atoms with Crippen LogP contribution in [0.1, 0.15) is 18.4 Å². The fourth-order valence-electron chi connectivity index (χ4n) is 3.55. The number of imidazole rings is 1. The van der Waals surface area contributed by atoms with Gasteiger partial charge in [-0.1, -0.05) is 0 Å². The molecule has 0 radical (unpaired) electrons. The Morgan fingerprint density at radius 2 is 1.86 bits per heavy atom. The number of H-pyrrole nitrogens is 1. The highest BCUT2D eigenvalue weighted by molar-refractivity contribution is 7.91. The molecule has 154 valence electrons. The van der Waals surface area contributed by atoms with Gasteiger partial charge in [-0.05, 0) is 43.2 Å². The fourth-order valence-corrected chi connectivity index (χ4v) is 4.62. The number of fused-ring (bicyclic) bond motifs is 1. The molecule has 1 aliphatic rings. The van der Waals surface area contributed by atoms with Crippen molar-refractivity contribution in [3.05, 3.63) is 42.1 Å². The fraction of sp³-hybridized carbons (Fsp3) is 0.368. The second-order valence-electron chi connectivity index (χ2n) is 7.24. The zero-order valence-corrected chi connectivity index (χ0v) is 16.4. The van der Waals surface area contributed by atoms with E-state index in [4.69, 9.17) is 0 Å². The molecule has 1 N–H and O–H groups in total. The Balaban J connectivity index is 1.52. The Morgan fingerprint density at radius 3 is 2.45 bits per heavy atom. The Morgan fingerprint density at radius 1 is 1.14 bits per heavy atom. The van der Waals surface area contributed by atoms with Gasteiger partial charge in [-0.25, -0.2) is 18.4 Å². The zero-order valence-electron chi connectivity index (χ0n) is 15.6. The molecule has 2 aromatic heterocycles. The van der Waals surface area contributed by atoms with E-state index >= 15 is 0 Å². The van der Waals surface area contributed by atoms with Crippen molar-refractivity contribution in [2.45, 2.75) is 24.3 Å². The summed E-state index contributed by atoms with van der Waals surface area (Å²) < 4.78 is 62.0. The summed E-state index contributed by atoms with van der Waals surface area (Å²) in [7, 11) is -3.03. The van der Waals surface area contributed by atoms with Crippen molar-refractivity contribution in [1.29, 1.82) is 0 Å². The van der Waals surface area contributed by atoms with E-state index in [1.54, 1.807) is 12.3 Å². The Labute approximate surface area is 165 Å². The van der Waals surface area contributed by atoms with E-state index in [9.17, 15) is 21.6 Å². The molecule has 0 saturated carbocycles. The standard InChI is InChI=1S/C19H19F3N4O2S/c1-29(27,28)14-6-8-26(9-7-14)17-5-2-12(11-23-17)18-24-15-4-3-13(19(20,21)22)10-16(15)25-18/h2-5,10-11,14H,6-9H2,1H3,(H,24,25). The van der Waals surface area contributed by atoms with Crippen molar-refractivity contribution in [2.24, 2.45) is 0 Å². The quantitative estimate of drug-likeness (QED) is 0.694. The maximum absolute atomic E-state index is 12.9. The highest BCUT2D eigenvalue weighted by Gasteiger charge is 2.31. The summed E-state index contributed by atoms with van der Waals surface area (Å²) >= 11 is 0. The SMILES string of the molecule is CS(=O)(=O)C1CCN(c2ccc(-c3nc4ccc(C(F)(F)F)cc4[nH]3)cn2)CC1. The molecule has 0 bridgehead atoms. The van der Waals surface area contributed by atoms with Crippen LogP contribution in [0, 0.1) is 0 Å². The van der Waals surface area contributed by atoms with Crippen molar-refractivity contribution in [1.82, 2.24) is 15.0 Å². The lowest BCUT2D eigenvalue weighted by molar-refractivity contribution is -0.137. The summed E-state index contributed by atoms with van der Waals surface area (Å²) in [6.07, 6.45) is -0.403. The van der Waals surface area contributed by atoms with Crippen LogP contribution >= 0.6 is 0 Å². The second kappa shape index (κ2) is 7.01. The first-order valence-corrected chi connectivity index (χ1v) is 11.0. The zero-order chi connectivity index (χ0) is 20.8. The number of sulfone groups is 1. The third-order valence-electron chi connectivity index (χ3n) is 5.20. The number of nitrogens with one attached hydrogen (secondary N) is 1. The molecule has 29 heavy (non-hydrogen) atoms. The predicted molar refractivity (Wildman–Crippen MR) is 104 cm³/mol. The molecule has 3 aromatic rings. The van der Waals surface area contributed by atoms with Crippen molar-refractivity contribution < 1.29 is 21.6 Å². The lowest BCUT2D eigenvalue weighted by Gasteiger charge is -2.31. The minimum absolute atomic E-state index is 0.307. The maximum atomic E-state index is 12.9. The van der Waals surface area contributed by atoms with Crippen LogP contribution in [0.3, 0.4) is 0 Å². The first kappa shape index (κ1) is 19.7. The molecule has 1 saturated heterocycles. The molecule has 1 aliphatic heterocycles. The van der Waals surface area contributed by atoms with Crippen LogP contribution < -0.4 is 4.90 Å². The Bertz CT molecular complexity index is 1130. The highest BCUT2D eigenvalue weighted by atomic mass is 32.2. The van der Waals surface area contributed by atoms with Crippen molar-refractivity contribution in [3.63, 3.8) is 0 Å². The molecule has 0 spiro atoms. The van der Waals surface area contributed by atoms with Crippen LogP contribution in [0.25, 0.3) is 22.4 Å². The number of benzene rings is 1. The van der Waals surface area contributed by atoms with Gasteiger partial charge >= 0.3 is 6.18 Å². The van der Waals surface area contributed by atoms with Crippen LogP contribution in [0.15, 0.2) is 36.5 Å². The van der Waals surface area contributed by atoms with Gasteiger partial charge in [-0.3, -0.25) is 0 Å². The summed E-state index contributed by atoms with van der Waals surface area (Å²) in [5.74, 6) is 1.17. The summed E-state index contributed by atoms with van der Waals surface area (Å²) in [5, 5.41) is -0.310. The van der Waals surface area contributed by atoms with Gasteiger partial charge in [0.05, 0.1) is 21.8 Å². The van der Waals surface area contributed by atoms with Gasteiger partial charge in [-0.2, -0.15) is 13.2 Å². The number of alkyl halides is 3. The van der Waals surface area contributed by atoms with Gasteiger partial charge < -0.3 is 9.88 Å². The molecule has 1 fully saturated rings. The highest BCUT2D eigenvalue weighted by Crippen LogP contribution is 2.32. The molecular formula is C19H19F3N4O2S. The van der Waals surface area contributed by atoms with Gasteiger partial charge in [0.1, 0.15) is 21.5 Å². The molecular weight excluding hydrogens is 405 g/mol. The number of aromatic nitrogens is 3. The molecule has 10 heteroatoms. The summed E-state index contributed by atoms with van der Waals surface area (Å²) in [4.78, 5) is 13.7. The largest absolute Gasteiger partial charge is 0.416 e. The van der Waals surface area contributed by atoms with E-state index in [0.29, 0.717) is 48.4 Å². The summed E-state index contributed by atoms with van der Waals surface area (Å²) in [6, 6.07) is 7.00. The van der Waals surface area contributed by atoms with Gasteiger partial charge in [0.25, 0.3) is 0 Å². The number of piperidine rings is 1. The normalized spacial score (nSPS) is 16.5. The van der Waals surface area contributed by atoms with Gasteiger partial charge in [0, 0.05) is 31.1 Å². The van der Waals surface area contributed by atoms with Crippen LogP contribution in [-0.2, 0) is 16.0 Å². The Hall–Kier alpha value is -2.62. The Kier molecular flexibility index (Phi) is 4.76. The third kappa shape index (κ3) is 4.07. The van der Waals surface area contributed by atoms with Crippen LogP contribution in [0.5, 0.6) is 0 Å². The molecule has 0 unspecified atom stereocenters. The molecule has 0 aliphatic carbocycles. The number of nitrogens with zero attached hydrogens (tertiary/aromatic N) is 3. The van der Waals surface area contributed by atoms with Crippen molar-refractivity contribution >= 4 is 26.7 Å². The molecule has 0 atom stereocenters. The van der Waals surface area contributed by atoms with Crippen LogP contribution in [-0.4, -0.2) is 48.0 Å². The number of aromatic amines is 1. The van der Waals surface area contributed by atoms with Gasteiger partial charge in [0.15, 0.2) is 0 Å². The number of rotatable bonds is 3. The maximum Gasteiger partial charge on any atom is 0.416 e. The molecule has 0 amide bonds. The van der Waals surface area contributed by atoms with Crippen LogP contribution in [0.4, 0.5) is 19.0 Å². The monoisotopic (exact) mass is 424 g/mol. The van der Waals surface area contributed by atoms with E-state index < -0.39 is 21.6 Å². The minimum atomic E-state index is -4.41. The summed E-state index contributed by atoms with van der Waals surface area (Å²) in [6.45, 7) is 1.21. The number of hydrogen-bond acceptors (Lipinski definition) is 5. The van der Waals surface area contributed by atoms with E-state index in [1.165, 1.54) is 12.3 Å². The number of anilines is 1. The number of halogens is 3. The molecule has 6 nitrogen and oxygen atoms in total. The topological polar surface area (TPSA) is 79.0 Å². The van der Waals surface area contributed by atoms with Crippen molar-refractivity contribution in [3.8, 4) is 11.4 Å². The average molecular weight is 424 g/mol. The second-order valence-corrected chi connectivity index (χ2v) is 9.56. The molecule has 1 aromatic carbocycles. The van der Waals surface area contributed by atoms with Gasteiger partial charge in [0.2, 0.25) is 0 Å². The first-order valence-electron chi connectivity index (χ1n) is 9.08. The number of pyridine rings is 1. The first-order chi connectivity index (χ1) is 13.6. The van der Waals surface area contributed by atoms with E-state index in [-0.39, 0.29) is 5.25 Å². The summed E-state index contributed by atoms with van der Waals surface area (Å²) in [5.41, 5.74) is 0.678.